The third-order valence-electron chi connectivity index (χ3n) is 4.69. The predicted octanol–water partition coefficient (Wildman–Crippen LogP) is 4.00. The van der Waals surface area contributed by atoms with Crippen LogP contribution >= 0.6 is 12.4 Å². The van der Waals surface area contributed by atoms with Crippen molar-refractivity contribution in [2.45, 2.75) is 51.3 Å². The van der Waals surface area contributed by atoms with E-state index < -0.39 is 0 Å². The Kier molecular flexibility index (Phi) is 7.49. The molecule has 140 valence electrons. The molecule has 1 saturated carbocycles. The summed E-state index contributed by atoms with van der Waals surface area (Å²) in [5.74, 6) is 0.668. The van der Waals surface area contributed by atoms with Crippen molar-refractivity contribution in [1.82, 2.24) is 5.32 Å². The van der Waals surface area contributed by atoms with E-state index in [4.69, 9.17) is 10.5 Å². The number of hydrogen-bond acceptors (Lipinski definition) is 3. The first-order chi connectivity index (χ1) is 12.1. The molecule has 5 heteroatoms. The van der Waals surface area contributed by atoms with Crippen LogP contribution in [0, 0.1) is 6.92 Å². The predicted molar refractivity (Wildman–Crippen MR) is 107 cm³/mol. The lowest BCUT2D eigenvalue weighted by molar-refractivity contribution is 0.0925. The maximum Gasteiger partial charge on any atom is 0.251 e. The number of nitrogens with one attached hydrogen (secondary N) is 1. The zero-order valence-electron chi connectivity index (χ0n) is 15.1. The van der Waals surface area contributed by atoms with Crippen LogP contribution in [0.25, 0.3) is 0 Å². The topological polar surface area (TPSA) is 64.3 Å². The Labute approximate surface area is 161 Å². The number of aryl methyl sites for hydroxylation is 1. The molecule has 0 atom stereocenters. The minimum absolute atomic E-state index is 0. The van der Waals surface area contributed by atoms with Gasteiger partial charge >= 0.3 is 0 Å². The van der Waals surface area contributed by atoms with Gasteiger partial charge in [-0.1, -0.05) is 35.9 Å². The van der Waals surface area contributed by atoms with E-state index in [0.29, 0.717) is 17.9 Å². The maximum absolute atomic E-state index is 12.5. The average Bonchev–Trinajstić information content (AvgIpc) is 2.62. The van der Waals surface area contributed by atoms with Crippen LogP contribution in [-0.2, 0) is 6.61 Å². The number of ether oxygens (including phenoxy) is 1. The van der Waals surface area contributed by atoms with Crippen LogP contribution in [0.4, 0.5) is 0 Å². The summed E-state index contributed by atoms with van der Waals surface area (Å²) in [7, 11) is 0. The molecule has 0 aliphatic heterocycles. The third-order valence-corrected chi connectivity index (χ3v) is 4.69. The number of carbonyl (C=O) groups excluding carboxylic acids is 1. The van der Waals surface area contributed by atoms with E-state index in [-0.39, 0.29) is 30.4 Å². The number of hydrogen-bond donors (Lipinski definition) is 2. The van der Waals surface area contributed by atoms with Gasteiger partial charge in [-0.05, 0) is 56.4 Å². The van der Waals surface area contributed by atoms with Crippen molar-refractivity contribution in [3.8, 4) is 5.75 Å². The molecule has 0 spiro atoms. The van der Waals surface area contributed by atoms with E-state index in [0.717, 1.165) is 31.2 Å². The Morgan fingerprint density at radius 3 is 2.58 bits per heavy atom. The van der Waals surface area contributed by atoms with Crippen LogP contribution in [0.15, 0.2) is 48.5 Å². The minimum atomic E-state index is -0.0403. The molecular formula is C21H27ClN2O2. The smallest absolute Gasteiger partial charge is 0.251 e. The van der Waals surface area contributed by atoms with Crippen molar-refractivity contribution in [3.63, 3.8) is 0 Å². The van der Waals surface area contributed by atoms with Gasteiger partial charge in [-0.25, -0.2) is 0 Å². The minimum Gasteiger partial charge on any atom is -0.489 e. The van der Waals surface area contributed by atoms with Gasteiger partial charge in [0.15, 0.2) is 0 Å². The molecule has 4 nitrogen and oxygen atoms in total. The Morgan fingerprint density at radius 2 is 1.85 bits per heavy atom. The van der Waals surface area contributed by atoms with Gasteiger partial charge in [0.1, 0.15) is 12.4 Å². The average molecular weight is 375 g/mol. The van der Waals surface area contributed by atoms with Gasteiger partial charge in [0.25, 0.3) is 5.91 Å². The zero-order valence-corrected chi connectivity index (χ0v) is 15.9. The van der Waals surface area contributed by atoms with Crippen LogP contribution < -0.4 is 15.8 Å². The van der Waals surface area contributed by atoms with Crippen molar-refractivity contribution in [3.05, 3.63) is 65.2 Å². The second kappa shape index (κ2) is 9.60. The first-order valence-electron chi connectivity index (χ1n) is 8.95. The van der Waals surface area contributed by atoms with Crippen LogP contribution in [0.3, 0.4) is 0 Å². The molecule has 2 aromatic rings. The quantitative estimate of drug-likeness (QED) is 0.831. The molecule has 0 saturated heterocycles. The van der Waals surface area contributed by atoms with E-state index in [1.165, 1.54) is 5.56 Å². The van der Waals surface area contributed by atoms with Crippen LogP contribution in [-0.4, -0.2) is 18.0 Å². The maximum atomic E-state index is 12.5. The van der Waals surface area contributed by atoms with Gasteiger partial charge in [0.05, 0.1) is 0 Å². The normalized spacial score (nSPS) is 19.3. The van der Waals surface area contributed by atoms with Crippen molar-refractivity contribution >= 4 is 18.3 Å². The van der Waals surface area contributed by atoms with E-state index >= 15 is 0 Å². The fourth-order valence-corrected chi connectivity index (χ4v) is 3.23. The molecule has 26 heavy (non-hydrogen) atoms. The van der Waals surface area contributed by atoms with Crippen LogP contribution in [0.2, 0.25) is 0 Å². The van der Waals surface area contributed by atoms with Crippen molar-refractivity contribution in [2.75, 3.05) is 0 Å². The molecule has 0 aromatic heterocycles. The summed E-state index contributed by atoms with van der Waals surface area (Å²) in [6.07, 6.45) is 3.86. The SMILES string of the molecule is Cc1cccc(COc2cccc(C(=O)NC3CCC(N)CC3)c2)c1.Cl. The van der Waals surface area contributed by atoms with Gasteiger partial charge in [-0.15, -0.1) is 12.4 Å². The lowest BCUT2D eigenvalue weighted by Gasteiger charge is -2.26. The molecule has 1 aliphatic rings. The van der Waals surface area contributed by atoms with Crippen molar-refractivity contribution in [1.29, 1.82) is 0 Å². The second-order valence-electron chi connectivity index (χ2n) is 6.89. The Balaban J connectivity index is 0.00000243. The Bertz CT molecular complexity index is 727. The fourth-order valence-electron chi connectivity index (χ4n) is 3.23. The van der Waals surface area contributed by atoms with Gasteiger partial charge < -0.3 is 15.8 Å². The number of carbonyl (C=O) groups is 1. The number of benzene rings is 2. The molecule has 1 fully saturated rings. The van der Waals surface area contributed by atoms with E-state index in [1.54, 1.807) is 6.07 Å². The number of amides is 1. The summed E-state index contributed by atoms with van der Waals surface area (Å²) in [5.41, 5.74) is 8.88. The van der Waals surface area contributed by atoms with Crippen molar-refractivity contribution < 1.29 is 9.53 Å². The summed E-state index contributed by atoms with van der Waals surface area (Å²) in [4.78, 5) is 12.5. The highest BCUT2D eigenvalue weighted by Gasteiger charge is 2.20. The molecule has 3 rings (SSSR count). The van der Waals surface area contributed by atoms with Crippen LogP contribution in [0.5, 0.6) is 5.75 Å². The zero-order chi connectivity index (χ0) is 17.6. The number of nitrogens with two attached hydrogens (primary N) is 1. The number of halogens is 1. The first-order valence-corrected chi connectivity index (χ1v) is 8.95. The van der Waals surface area contributed by atoms with Gasteiger partial charge in [-0.2, -0.15) is 0 Å². The van der Waals surface area contributed by atoms with Crippen molar-refractivity contribution in [2.24, 2.45) is 5.73 Å². The molecule has 1 aliphatic carbocycles. The molecule has 0 radical (unpaired) electrons. The van der Waals surface area contributed by atoms with Gasteiger partial charge in [0, 0.05) is 17.6 Å². The highest BCUT2D eigenvalue weighted by atomic mass is 35.5. The van der Waals surface area contributed by atoms with E-state index in [2.05, 4.69) is 24.4 Å². The van der Waals surface area contributed by atoms with Gasteiger partial charge in [0.2, 0.25) is 0 Å². The molecule has 0 bridgehead atoms. The standard InChI is InChI=1S/C21H26N2O2.ClH/c1-15-4-2-5-16(12-15)14-25-20-7-3-6-17(13-20)21(24)23-19-10-8-18(22)9-11-19;/h2-7,12-13,18-19H,8-11,14,22H2,1H3,(H,23,24);1H. The molecule has 2 aromatic carbocycles. The summed E-state index contributed by atoms with van der Waals surface area (Å²) in [5, 5.41) is 3.11. The summed E-state index contributed by atoms with van der Waals surface area (Å²) in [6.45, 7) is 2.56. The summed E-state index contributed by atoms with van der Waals surface area (Å²) < 4.78 is 5.85. The lowest BCUT2D eigenvalue weighted by atomic mass is 9.91. The van der Waals surface area contributed by atoms with Gasteiger partial charge in [-0.3, -0.25) is 4.79 Å². The van der Waals surface area contributed by atoms with Crippen LogP contribution in [0.1, 0.15) is 47.2 Å². The van der Waals surface area contributed by atoms with E-state index in [1.807, 2.05) is 30.3 Å². The summed E-state index contributed by atoms with van der Waals surface area (Å²) >= 11 is 0. The summed E-state index contributed by atoms with van der Waals surface area (Å²) in [6, 6.07) is 16.1. The highest BCUT2D eigenvalue weighted by molar-refractivity contribution is 5.94. The fraction of sp³-hybridized carbons (Fsp3) is 0.381. The second-order valence-corrected chi connectivity index (χ2v) is 6.89. The lowest BCUT2D eigenvalue weighted by Crippen LogP contribution is -2.40. The number of rotatable bonds is 5. The third kappa shape index (κ3) is 5.75. The largest absolute Gasteiger partial charge is 0.489 e. The molecule has 0 heterocycles. The van der Waals surface area contributed by atoms with E-state index in [9.17, 15) is 4.79 Å². The molecule has 3 N–H and O–H groups in total. The Hall–Kier alpha value is -2.04. The highest BCUT2D eigenvalue weighted by Crippen LogP contribution is 2.19. The Morgan fingerprint density at radius 1 is 1.12 bits per heavy atom. The molecule has 0 unspecified atom stereocenters. The monoisotopic (exact) mass is 374 g/mol. The first kappa shape index (κ1) is 20.3. The molecular weight excluding hydrogens is 348 g/mol. The molecule has 1 amide bonds.